The van der Waals surface area contributed by atoms with E-state index in [1.807, 2.05) is 12.1 Å². The first-order valence-corrected chi connectivity index (χ1v) is 19.4. The average Bonchev–Trinajstić information content (AvgIpc) is 3.53. The van der Waals surface area contributed by atoms with Gasteiger partial charge in [-0.05, 0) is 113 Å². The highest BCUT2D eigenvalue weighted by Crippen LogP contribution is 2.52. The molecule has 3 heterocycles. The molecule has 262 valence electrons. The zero-order valence-electron chi connectivity index (χ0n) is 32.0. The number of hydrogen-bond donors (Lipinski definition) is 0. The average molecular weight is 697 g/mol. The zero-order chi connectivity index (χ0) is 36.9. The van der Waals surface area contributed by atoms with Gasteiger partial charge in [-0.3, -0.25) is 0 Å². The van der Waals surface area contributed by atoms with Gasteiger partial charge in [0.25, 0.3) is 0 Å². The van der Waals surface area contributed by atoms with Crippen molar-refractivity contribution in [3.8, 4) is 16.8 Å². The van der Waals surface area contributed by atoms with Crippen molar-refractivity contribution in [3.05, 3.63) is 178 Å². The van der Waals surface area contributed by atoms with Gasteiger partial charge < -0.3 is 9.47 Å². The van der Waals surface area contributed by atoms with E-state index in [0.29, 0.717) is 5.92 Å². The monoisotopic (exact) mass is 696 g/mol. The molecule has 2 nitrogen and oxygen atoms in total. The number of nitrogens with zero attached hydrogens (tertiary/aromatic N) is 2. The first kappa shape index (κ1) is 32.6. The summed E-state index contributed by atoms with van der Waals surface area (Å²) in [4.78, 5) is 2.30. The van der Waals surface area contributed by atoms with E-state index in [0.717, 1.165) is 23.5 Å². The molecule has 0 spiro atoms. The molecule has 1 atom stereocenters. The van der Waals surface area contributed by atoms with Gasteiger partial charge in [0.15, 0.2) is 0 Å². The first-order chi connectivity index (χ1) is 26.2. The molecule has 6 aromatic carbocycles. The molecule has 0 saturated carbocycles. The Labute approximate surface area is 318 Å². The number of allylic oxidation sites excluding steroid dienone is 4. The third-order valence-electron chi connectivity index (χ3n) is 12.7. The highest BCUT2D eigenvalue weighted by Gasteiger charge is 2.44. The second-order valence-electron chi connectivity index (χ2n) is 16.3. The standard InChI is InChI=1S/C52H44N2/c1-7-16-33(8-2)36-29-41-42-30-37(32-46-49(42)54-48(41)45(31-36)51(3,4)43-22-15-23-44(50(43)54)52(46,5)6)34-25-27-39(28-26-34)53(38-19-10-9-11-20-38)47-24-14-18-35-17-12-13-21-40(35)47/h7-10,12-19,21-30,32,36H,31H2,1-6H3. The van der Waals surface area contributed by atoms with Crippen molar-refractivity contribution in [2.75, 3.05) is 4.90 Å². The van der Waals surface area contributed by atoms with Gasteiger partial charge in [-0.1, -0.05) is 131 Å². The van der Waals surface area contributed by atoms with Crippen LogP contribution in [0.3, 0.4) is 0 Å². The maximum atomic E-state index is 3.39. The van der Waals surface area contributed by atoms with Gasteiger partial charge >= 0.3 is 0 Å². The Kier molecular flexibility index (Phi) is 7.08. The summed E-state index contributed by atoms with van der Waals surface area (Å²) in [7, 11) is 0. The van der Waals surface area contributed by atoms with E-state index < -0.39 is 0 Å². The number of fused-ring (bicyclic) bond motifs is 2. The Morgan fingerprint density at radius 1 is 0.759 bits per heavy atom. The Balaban J connectivity index is 1.21. The van der Waals surface area contributed by atoms with Crippen LogP contribution in [0.2, 0.25) is 0 Å². The van der Waals surface area contributed by atoms with E-state index in [1.165, 1.54) is 71.3 Å². The number of rotatable bonds is 6. The van der Waals surface area contributed by atoms with Crippen LogP contribution >= 0.6 is 0 Å². The van der Waals surface area contributed by atoms with Crippen molar-refractivity contribution < 1.29 is 0 Å². The third-order valence-corrected chi connectivity index (χ3v) is 12.7. The summed E-state index contributed by atoms with van der Waals surface area (Å²) in [5, 5.41) is 6.59. The number of hydrogen-bond acceptors (Lipinski definition) is 1. The highest BCUT2D eigenvalue weighted by molar-refractivity contribution is 6.00. The molecule has 1 aliphatic carbocycles. The molecule has 0 bridgehead atoms. The minimum atomic E-state index is -0.173. The Morgan fingerprint density at radius 2 is 1.52 bits per heavy atom. The summed E-state index contributed by atoms with van der Waals surface area (Å²) >= 11 is 0. The van der Waals surface area contributed by atoms with Gasteiger partial charge in [0.2, 0.25) is 0 Å². The molecule has 0 amide bonds. The maximum absolute atomic E-state index is 3.39. The molecule has 7 aromatic rings. The van der Waals surface area contributed by atoms with E-state index in [1.54, 1.807) is 5.57 Å². The summed E-state index contributed by atoms with van der Waals surface area (Å²) in [6, 6.07) is 48.9. The van der Waals surface area contributed by atoms with Gasteiger partial charge in [0.1, 0.15) is 0 Å². The van der Waals surface area contributed by atoms with E-state index in [-0.39, 0.29) is 10.8 Å². The van der Waals surface area contributed by atoms with Crippen LogP contribution in [0.15, 0.2) is 139 Å². The molecule has 1 unspecified atom stereocenters. The summed E-state index contributed by atoms with van der Waals surface area (Å²) in [6.45, 7) is 14.1. The predicted octanol–water partition coefficient (Wildman–Crippen LogP) is 11.9. The summed E-state index contributed by atoms with van der Waals surface area (Å²) in [5.74, 6) is 0.323. The number of benzene rings is 5. The molecule has 2 heteroatoms. The molecule has 1 aromatic heterocycles. The van der Waals surface area contributed by atoms with E-state index in [4.69, 9.17) is 0 Å². The van der Waals surface area contributed by atoms with Crippen molar-refractivity contribution in [1.29, 1.82) is 0 Å². The quantitative estimate of drug-likeness (QED) is 0.157. The summed E-state index contributed by atoms with van der Waals surface area (Å²) in [6.07, 6.45) is 10.4. The fourth-order valence-corrected chi connectivity index (χ4v) is 9.93. The lowest BCUT2D eigenvalue weighted by molar-refractivity contribution is 0.583. The van der Waals surface area contributed by atoms with Gasteiger partial charge in [-0.2, -0.15) is 0 Å². The number of anilines is 3. The maximum Gasteiger partial charge on any atom is 0.0973 e. The van der Waals surface area contributed by atoms with Gasteiger partial charge in [-0.15, -0.1) is 0 Å². The molecule has 3 aliphatic rings. The first-order valence-electron chi connectivity index (χ1n) is 19.4. The number of para-hydroxylation sites is 1. The van der Waals surface area contributed by atoms with Crippen molar-refractivity contribution in [3.63, 3.8) is 0 Å². The van der Waals surface area contributed by atoms with Gasteiger partial charge in [0.05, 0.1) is 27.9 Å². The SMILES string of the molecule is CC=CC(=CC)C1C=c2c3n4c5c(cc(-c6ccc(N(c7c#cccc7)c7cccc8ccccc78)cc6)cc25)C(C)(C)c2cccc(c2-4)C(C)(C)C=3C1. The van der Waals surface area contributed by atoms with Crippen LogP contribution < -0.4 is 15.5 Å². The van der Waals surface area contributed by atoms with Crippen molar-refractivity contribution in [1.82, 2.24) is 4.57 Å². The number of aromatic nitrogens is 1. The largest absolute Gasteiger partial charge is 0.308 e. The molecule has 0 N–H and O–H groups in total. The molecule has 0 radical (unpaired) electrons. The minimum absolute atomic E-state index is 0.0814. The molecule has 54 heavy (non-hydrogen) atoms. The van der Waals surface area contributed by atoms with Crippen molar-refractivity contribution in [2.24, 2.45) is 5.92 Å². The highest BCUT2D eigenvalue weighted by atomic mass is 15.1. The van der Waals surface area contributed by atoms with Crippen molar-refractivity contribution >= 4 is 50.4 Å². The Morgan fingerprint density at radius 3 is 2.28 bits per heavy atom. The second kappa shape index (κ2) is 11.7. The molecule has 10 rings (SSSR count). The van der Waals surface area contributed by atoms with E-state index in [2.05, 4.69) is 191 Å². The Bertz CT molecular complexity index is 2850. The summed E-state index contributed by atoms with van der Waals surface area (Å²) in [5.41, 5.74) is 15.4. The molecule has 0 fully saturated rings. The topological polar surface area (TPSA) is 8.17 Å². The van der Waals surface area contributed by atoms with Crippen LogP contribution in [-0.2, 0) is 10.8 Å². The smallest absolute Gasteiger partial charge is 0.0973 e. The lowest BCUT2D eigenvalue weighted by Gasteiger charge is -2.43. The molecular formula is C52H44N2. The molecule has 2 aliphatic heterocycles. The fourth-order valence-electron chi connectivity index (χ4n) is 9.93. The van der Waals surface area contributed by atoms with Crippen LogP contribution in [0.5, 0.6) is 0 Å². The van der Waals surface area contributed by atoms with Crippen LogP contribution in [0.25, 0.3) is 50.1 Å². The van der Waals surface area contributed by atoms with Crippen LogP contribution in [0.1, 0.15) is 64.7 Å². The van der Waals surface area contributed by atoms with Gasteiger partial charge in [-0.25, -0.2) is 0 Å². The normalized spacial score (nSPS) is 17.5. The molecule has 0 saturated heterocycles. The minimum Gasteiger partial charge on any atom is -0.308 e. The molecular weight excluding hydrogens is 653 g/mol. The fraction of sp³-hybridized carbons (Fsp3) is 0.192. The predicted molar refractivity (Wildman–Crippen MR) is 228 cm³/mol. The van der Waals surface area contributed by atoms with Crippen LogP contribution in [0.4, 0.5) is 17.1 Å². The van der Waals surface area contributed by atoms with Crippen LogP contribution in [-0.4, -0.2) is 4.57 Å². The third kappa shape index (κ3) is 4.48. The Hall–Kier alpha value is -6.04. The lowest BCUT2D eigenvalue weighted by atomic mass is 9.66. The van der Waals surface area contributed by atoms with Crippen molar-refractivity contribution in [2.45, 2.75) is 58.8 Å². The lowest BCUT2D eigenvalue weighted by Crippen LogP contribution is -2.46. The second-order valence-corrected chi connectivity index (χ2v) is 16.3. The van der Waals surface area contributed by atoms with E-state index >= 15 is 0 Å². The van der Waals surface area contributed by atoms with Crippen LogP contribution in [0, 0.1) is 18.1 Å². The zero-order valence-corrected chi connectivity index (χ0v) is 32.0. The van der Waals surface area contributed by atoms with E-state index in [9.17, 15) is 0 Å². The van der Waals surface area contributed by atoms with Gasteiger partial charge in [0, 0.05) is 38.4 Å². The summed E-state index contributed by atoms with van der Waals surface area (Å²) < 4.78 is 2.66.